The van der Waals surface area contributed by atoms with E-state index in [0.717, 1.165) is 6.07 Å². The molecule has 1 atom stereocenters. The summed E-state index contributed by atoms with van der Waals surface area (Å²) in [4.78, 5) is 12.1. The molecule has 0 saturated heterocycles. The van der Waals surface area contributed by atoms with Crippen molar-refractivity contribution in [2.75, 3.05) is 13.7 Å². The van der Waals surface area contributed by atoms with Gasteiger partial charge in [0.25, 0.3) is 5.91 Å². The number of rotatable bonds is 5. The lowest BCUT2D eigenvalue weighted by Gasteiger charge is -2.15. The number of furan rings is 1. The first-order valence-electron chi connectivity index (χ1n) is 5.94. The third-order valence-electron chi connectivity index (χ3n) is 2.78. The van der Waals surface area contributed by atoms with Crippen molar-refractivity contribution in [3.8, 4) is 5.75 Å². The Balaban J connectivity index is 2.21. The van der Waals surface area contributed by atoms with Gasteiger partial charge in [0, 0.05) is 0 Å². The van der Waals surface area contributed by atoms with Crippen LogP contribution in [-0.2, 0) is 0 Å². The van der Waals surface area contributed by atoms with E-state index in [-0.39, 0.29) is 17.9 Å². The van der Waals surface area contributed by atoms with Crippen LogP contribution in [-0.4, -0.2) is 24.7 Å². The van der Waals surface area contributed by atoms with Crippen molar-refractivity contribution >= 4 is 5.91 Å². The Hall–Kier alpha value is -2.34. The lowest BCUT2D eigenvalue weighted by atomic mass is 10.1. The maximum atomic E-state index is 13.2. The number of hydrogen-bond acceptors (Lipinski definition) is 4. The summed E-state index contributed by atoms with van der Waals surface area (Å²) in [5.41, 5.74) is 0.0532. The predicted octanol–water partition coefficient (Wildman–Crippen LogP) is 1.89. The van der Waals surface area contributed by atoms with Crippen molar-refractivity contribution in [2.45, 2.75) is 6.04 Å². The van der Waals surface area contributed by atoms with E-state index in [9.17, 15) is 14.3 Å². The maximum absolute atomic E-state index is 13.2. The van der Waals surface area contributed by atoms with E-state index < -0.39 is 17.8 Å². The van der Waals surface area contributed by atoms with Gasteiger partial charge in [-0.15, -0.1) is 0 Å². The van der Waals surface area contributed by atoms with Crippen molar-refractivity contribution in [3.05, 3.63) is 53.7 Å². The zero-order chi connectivity index (χ0) is 14.5. The number of amides is 1. The smallest absolute Gasteiger partial charge is 0.255 e. The number of benzene rings is 1. The summed E-state index contributed by atoms with van der Waals surface area (Å²) in [6, 6.07) is 6.21. The van der Waals surface area contributed by atoms with Crippen LogP contribution >= 0.6 is 0 Å². The van der Waals surface area contributed by atoms with Gasteiger partial charge in [0.1, 0.15) is 23.4 Å². The highest BCUT2D eigenvalue weighted by Gasteiger charge is 2.20. The molecule has 1 amide bonds. The molecule has 1 unspecified atom stereocenters. The number of carbonyl (C=O) groups is 1. The monoisotopic (exact) mass is 279 g/mol. The highest BCUT2D eigenvalue weighted by Crippen LogP contribution is 2.21. The number of methoxy groups -OCH3 is 1. The van der Waals surface area contributed by atoms with E-state index in [1.54, 1.807) is 12.1 Å². The molecular weight excluding hydrogens is 265 g/mol. The largest absolute Gasteiger partial charge is 0.496 e. The van der Waals surface area contributed by atoms with Crippen LogP contribution in [0.3, 0.4) is 0 Å². The molecule has 0 spiro atoms. The molecule has 0 saturated carbocycles. The van der Waals surface area contributed by atoms with Crippen LogP contribution < -0.4 is 10.1 Å². The van der Waals surface area contributed by atoms with E-state index in [2.05, 4.69) is 5.32 Å². The molecule has 1 heterocycles. The fourth-order valence-electron chi connectivity index (χ4n) is 1.79. The van der Waals surface area contributed by atoms with Gasteiger partial charge in [0.05, 0.1) is 25.5 Å². The third kappa shape index (κ3) is 2.97. The van der Waals surface area contributed by atoms with Gasteiger partial charge in [-0.3, -0.25) is 4.79 Å². The fourth-order valence-corrected chi connectivity index (χ4v) is 1.79. The van der Waals surface area contributed by atoms with E-state index in [1.807, 2.05) is 0 Å². The van der Waals surface area contributed by atoms with Crippen molar-refractivity contribution in [2.24, 2.45) is 0 Å². The summed E-state index contributed by atoms with van der Waals surface area (Å²) in [7, 11) is 1.39. The highest BCUT2D eigenvalue weighted by atomic mass is 19.1. The summed E-state index contributed by atoms with van der Waals surface area (Å²) in [5, 5.41) is 11.9. The van der Waals surface area contributed by atoms with Crippen LogP contribution in [0.1, 0.15) is 22.2 Å². The lowest BCUT2D eigenvalue weighted by Crippen LogP contribution is -2.30. The molecule has 6 heteroatoms. The van der Waals surface area contributed by atoms with Crippen LogP contribution in [0.2, 0.25) is 0 Å². The maximum Gasteiger partial charge on any atom is 0.255 e. The molecule has 2 rings (SSSR count). The molecule has 0 bridgehead atoms. The van der Waals surface area contributed by atoms with Crippen molar-refractivity contribution in [3.63, 3.8) is 0 Å². The first-order chi connectivity index (χ1) is 9.65. The van der Waals surface area contributed by atoms with Crippen molar-refractivity contribution < 1.29 is 23.4 Å². The Morgan fingerprint density at radius 1 is 1.50 bits per heavy atom. The number of halogens is 1. The van der Waals surface area contributed by atoms with E-state index in [1.165, 1.54) is 25.5 Å². The number of aliphatic hydroxyl groups is 1. The minimum atomic E-state index is -0.703. The predicted molar refractivity (Wildman–Crippen MR) is 69.0 cm³/mol. The summed E-state index contributed by atoms with van der Waals surface area (Å²) in [6.07, 6.45) is 1.44. The Morgan fingerprint density at radius 2 is 2.30 bits per heavy atom. The number of hydrogen-bond donors (Lipinski definition) is 2. The molecule has 2 aromatic rings. The Bertz CT molecular complexity index is 583. The van der Waals surface area contributed by atoms with Crippen molar-refractivity contribution in [1.82, 2.24) is 5.32 Å². The summed E-state index contributed by atoms with van der Waals surface area (Å²) >= 11 is 0. The topological polar surface area (TPSA) is 71.7 Å². The van der Waals surface area contributed by atoms with Crippen molar-refractivity contribution in [1.29, 1.82) is 0 Å². The van der Waals surface area contributed by atoms with Gasteiger partial charge in [-0.2, -0.15) is 0 Å². The Morgan fingerprint density at radius 3 is 2.90 bits per heavy atom. The van der Waals surface area contributed by atoms with Crippen LogP contribution in [0.4, 0.5) is 4.39 Å². The van der Waals surface area contributed by atoms with Gasteiger partial charge in [0.15, 0.2) is 0 Å². The molecule has 0 radical (unpaired) electrons. The highest BCUT2D eigenvalue weighted by molar-refractivity contribution is 5.97. The standard InChI is InChI=1S/C14H14FNO4/c1-19-12-5-4-9(15)7-10(12)14(18)16-11(8-17)13-3-2-6-20-13/h2-7,11,17H,8H2,1H3,(H,16,18). The molecular formula is C14H14FNO4. The summed E-state index contributed by atoms with van der Waals surface area (Å²) in [5.74, 6) is -0.442. The average Bonchev–Trinajstić information content (AvgIpc) is 2.98. The lowest BCUT2D eigenvalue weighted by molar-refractivity contribution is 0.0903. The quantitative estimate of drug-likeness (QED) is 0.876. The van der Waals surface area contributed by atoms with Gasteiger partial charge in [-0.25, -0.2) is 4.39 Å². The molecule has 0 aliphatic rings. The minimum absolute atomic E-state index is 0.0532. The molecule has 2 N–H and O–H groups in total. The van der Waals surface area contributed by atoms with Crippen LogP contribution in [0.25, 0.3) is 0 Å². The Kier molecular flexibility index (Phi) is 4.37. The number of ether oxygens (including phenoxy) is 1. The zero-order valence-electron chi connectivity index (χ0n) is 10.8. The molecule has 5 nitrogen and oxygen atoms in total. The van der Waals surface area contributed by atoms with Crippen LogP contribution in [0.15, 0.2) is 41.0 Å². The number of carbonyl (C=O) groups excluding carboxylic acids is 1. The summed E-state index contributed by atoms with van der Waals surface area (Å²) < 4.78 is 23.4. The van der Waals surface area contributed by atoms with Gasteiger partial charge in [-0.05, 0) is 30.3 Å². The molecule has 106 valence electrons. The van der Waals surface area contributed by atoms with Gasteiger partial charge >= 0.3 is 0 Å². The van der Waals surface area contributed by atoms with E-state index >= 15 is 0 Å². The SMILES string of the molecule is COc1ccc(F)cc1C(=O)NC(CO)c1ccco1. The van der Waals surface area contributed by atoms with Crippen LogP contribution in [0, 0.1) is 5.82 Å². The second-order valence-corrected chi connectivity index (χ2v) is 4.07. The summed E-state index contributed by atoms with van der Waals surface area (Å²) in [6.45, 7) is -0.336. The fraction of sp³-hybridized carbons (Fsp3) is 0.214. The third-order valence-corrected chi connectivity index (χ3v) is 2.78. The first kappa shape index (κ1) is 14.1. The second kappa shape index (κ2) is 6.21. The molecule has 1 aromatic carbocycles. The molecule has 1 aromatic heterocycles. The first-order valence-corrected chi connectivity index (χ1v) is 5.94. The normalized spacial score (nSPS) is 11.9. The second-order valence-electron chi connectivity index (χ2n) is 4.07. The Labute approximate surface area is 115 Å². The van der Waals surface area contributed by atoms with Gasteiger partial charge in [-0.1, -0.05) is 0 Å². The van der Waals surface area contributed by atoms with E-state index in [0.29, 0.717) is 5.76 Å². The molecule has 0 aliphatic heterocycles. The van der Waals surface area contributed by atoms with E-state index in [4.69, 9.17) is 9.15 Å². The average molecular weight is 279 g/mol. The number of nitrogens with one attached hydrogen (secondary N) is 1. The minimum Gasteiger partial charge on any atom is -0.496 e. The van der Waals surface area contributed by atoms with Gasteiger partial charge in [0.2, 0.25) is 0 Å². The van der Waals surface area contributed by atoms with Gasteiger partial charge < -0.3 is 19.6 Å². The zero-order valence-corrected chi connectivity index (χ0v) is 10.8. The molecule has 0 aliphatic carbocycles. The molecule has 0 fully saturated rings. The number of aliphatic hydroxyl groups excluding tert-OH is 1. The molecule has 20 heavy (non-hydrogen) atoms. The van der Waals surface area contributed by atoms with Crippen LogP contribution in [0.5, 0.6) is 5.75 Å².